The van der Waals surface area contributed by atoms with E-state index >= 15 is 0 Å². The Morgan fingerprint density at radius 3 is 1.97 bits per heavy atom. The van der Waals surface area contributed by atoms with Crippen molar-refractivity contribution in [1.29, 1.82) is 0 Å². The predicted molar refractivity (Wildman–Crippen MR) is 121 cm³/mol. The first kappa shape index (κ1) is 22.0. The lowest BCUT2D eigenvalue weighted by molar-refractivity contribution is 0.102. The minimum Gasteiger partial charge on any atom is -0.322 e. The molecule has 0 aliphatic rings. The number of nitrogens with one attached hydrogen (secondary N) is 4. The van der Waals surface area contributed by atoms with E-state index < -0.39 is 22.0 Å². The quantitative estimate of drug-likeness (QED) is 0.448. The van der Waals surface area contributed by atoms with Gasteiger partial charge in [-0.25, -0.2) is 17.9 Å². The highest BCUT2D eigenvalue weighted by Crippen LogP contribution is 2.18. The minimum absolute atomic E-state index is 0.0847. The summed E-state index contributed by atoms with van der Waals surface area (Å²) in [7, 11) is -3.58. The number of anilines is 3. The number of para-hydroxylation sites is 1. The molecule has 0 radical (unpaired) electrons. The van der Waals surface area contributed by atoms with Crippen LogP contribution in [0.4, 0.5) is 21.9 Å². The maximum atomic E-state index is 12.5. The molecule has 0 heterocycles. The van der Waals surface area contributed by atoms with Crippen molar-refractivity contribution < 1.29 is 18.0 Å². The second-order valence-electron chi connectivity index (χ2n) is 6.51. The molecule has 0 spiro atoms. The van der Waals surface area contributed by atoms with Gasteiger partial charge in [-0.15, -0.1) is 0 Å². The predicted octanol–water partition coefficient (Wildman–Crippen LogP) is 3.88. The van der Waals surface area contributed by atoms with Gasteiger partial charge in [0.2, 0.25) is 10.0 Å². The van der Waals surface area contributed by atoms with Crippen LogP contribution < -0.4 is 20.7 Å². The van der Waals surface area contributed by atoms with E-state index in [1.54, 1.807) is 43.3 Å². The standard InChI is InChI=1S/C22H22N4O4S/c1-2-23-31(29,30)20-13-11-16(12-14-20)21(27)24-18-9-6-10-19(15-18)26-22(28)25-17-7-4-3-5-8-17/h3-15,23H,2H2,1H3,(H,24,27)(H2,25,26,28). The Bertz CT molecular complexity index is 1160. The fourth-order valence-electron chi connectivity index (χ4n) is 2.75. The van der Waals surface area contributed by atoms with Gasteiger partial charge in [0.15, 0.2) is 0 Å². The Morgan fingerprint density at radius 2 is 1.32 bits per heavy atom. The molecule has 0 aromatic heterocycles. The SMILES string of the molecule is CCNS(=O)(=O)c1ccc(C(=O)Nc2cccc(NC(=O)Nc3ccccc3)c2)cc1. The van der Waals surface area contributed by atoms with Crippen LogP contribution in [0.15, 0.2) is 83.8 Å². The Balaban J connectivity index is 1.63. The molecule has 0 atom stereocenters. The topological polar surface area (TPSA) is 116 Å². The normalized spacial score (nSPS) is 10.9. The highest BCUT2D eigenvalue weighted by atomic mass is 32.2. The van der Waals surface area contributed by atoms with Crippen LogP contribution in [0.5, 0.6) is 0 Å². The number of urea groups is 1. The summed E-state index contributed by atoms with van der Waals surface area (Å²) in [6, 6.07) is 20.9. The lowest BCUT2D eigenvalue weighted by Crippen LogP contribution is -2.23. The zero-order chi connectivity index (χ0) is 22.3. The van der Waals surface area contributed by atoms with Crippen molar-refractivity contribution in [2.75, 3.05) is 22.5 Å². The highest BCUT2D eigenvalue weighted by Gasteiger charge is 2.14. The van der Waals surface area contributed by atoms with Gasteiger partial charge in [0.25, 0.3) is 5.91 Å². The van der Waals surface area contributed by atoms with Crippen molar-refractivity contribution in [2.45, 2.75) is 11.8 Å². The molecule has 0 aliphatic heterocycles. The molecule has 31 heavy (non-hydrogen) atoms. The van der Waals surface area contributed by atoms with E-state index in [9.17, 15) is 18.0 Å². The summed E-state index contributed by atoms with van der Waals surface area (Å²) >= 11 is 0. The van der Waals surface area contributed by atoms with E-state index in [0.717, 1.165) is 0 Å². The van der Waals surface area contributed by atoms with Crippen LogP contribution in [-0.4, -0.2) is 26.9 Å². The molecule has 9 heteroatoms. The molecule has 3 amide bonds. The summed E-state index contributed by atoms with van der Waals surface area (Å²) in [5, 5.41) is 8.15. The lowest BCUT2D eigenvalue weighted by Gasteiger charge is -2.10. The van der Waals surface area contributed by atoms with Gasteiger partial charge in [-0.2, -0.15) is 0 Å². The van der Waals surface area contributed by atoms with Crippen LogP contribution in [0.3, 0.4) is 0 Å². The summed E-state index contributed by atoms with van der Waals surface area (Å²) in [5.41, 5.74) is 1.94. The average Bonchev–Trinajstić information content (AvgIpc) is 2.74. The van der Waals surface area contributed by atoms with Crippen molar-refractivity contribution in [3.05, 3.63) is 84.4 Å². The Hall–Kier alpha value is -3.69. The average molecular weight is 439 g/mol. The van der Waals surface area contributed by atoms with E-state index in [4.69, 9.17) is 0 Å². The first-order valence-electron chi connectivity index (χ1n) is 9.51. The third-order valence-corrected chi connectivity index (χ3v) is 5.73. The molecule has 3 aromatic rings. The zero-order valence-corrected chi connectivity index (χ0v) is 17.6. The highest BCUT2D eigenvalue weighted by molar-refractivity contribution is 7.89. The Kier molecular flexibility index (Phi) is 7.01. The monoisotopic (exact) mass is 438 g/mol. The molecular formula is C22H22N4O4S. The van der Waals surface area contributed by atoms with Crippen molar-refractivity contribution in [3.8, 4) is 0 Å². The van der Waals surface area contributed by atoms with Gasteiger partial charge < -0.3 is 16.0 Å². The summed E-state index contributed by atoms with van der Waals surface area (Å²) in [6.07, 6.45) is 0. The third kappa shape index (κ3) is 6.14. The molecule has 0 fully saturated rings. The molecule has 0 unspecified atom stereocenters. The van der Waals surface area contributed by atoms with Crippen LogP contribution in [0.25, 0.3) is 0 Å². The molecular weight excluding hydrogens is 416 g/mol. The van der Waals surface area contributed by atoms with E-state index in [1.807, 2.05) is 18.2 Å². The van der Waals surface area contributed by atoms with Crippen molar-refractivity contribution in [1.82, 2.24) is 4.72 Å². The van der Waals surface area contributed by atoms with Crippen molar-refractivity contribution in [2.24, 2.45) is 0 Å². The smallest absolute Gasteiger partial charge is 0.322 e. The van der Waals surface area contributed by atoms with Gasteiger partial charge in [0, 0.05) is 29.2 Å². The molecule has 0 saturated carbocycles. The van der Waals surface area contributed by atoms with Gasteiger partial charge in [-0.1, -0.05) is 31.2 Å². The molecule has 160 valence electrons. The van der Waals surface area contributed by atoms with Crippen LogP contribution in [0, 0.1) is 0 Å². The van der Waals surface area contributed by atoms with Gasteiger partial charge >= 0.3 is 6.03 Å². The van der Waals surface area contributed by atoms with E-state index in [-0.39, 0.29) is 11.4 Å². The first-order valence-corrected chi connectivity index (χ1v) is 11.0. The maximum absolute atomic E-state index is 12.5. The minimum atomic E-state index is -3.58. The summed E-state index contributed by atoms with van der Waals surface area (Å²) in [6.45, 7) is 1.96. The fraction of sp³-hybridized carbons (Fsp3) is 0.0909. The number of sulfonamides is 1. The fourth-order valence-corrected chi connectivity index (χ4v) is 3.79. The summed E-state index contributed by atoms with van der Waals surface area (Å²) < 4.78 is 26.4. The van der Waals surface area contributed by atoms with Crippen LogP contribution in [0.1, 0.15) is 17.3 Å². The number of carbonyl (C=O) groups is 2. The Labute approximate surface area is 180 Å². The van der Waals surface area contributed by atoms with Gasteiger partial charge in [0.1, 0.15) is 0 Å². The van der Waals surface area contributed by atoms with Crippen LogP contribution in [-0.2, 0) is 10.0 Å². The number of hydrogen-bond acceptors (Lipinski definition) is 4. The molecule has 0 bridgehead atoms. The zero-order valence-electron chi connectivity index (χ0n) is 16.8. The number of rotatable bonds is 7. The van der Waals surface area contributed by atoms with Gasteiger partial charge in [-0.3, -0.25) is 4.79 Å². The van der Waals surface area contributed by atoms with Crippen molar-refractivity contribution >= 4 is 39.0 Å². The second kappa shape index (κ2) is 9.88. The number of amides is 3. The van der Waals surface area contributed by atoms with Gasteiger partial charge in [-0.05, 0) is 54.6 Å². The number of benzene rings is 3. The Morgan fingerprint density at radius 1 is 0.742 bits per heavy atom. The van der Waals surface area contributed by atoms with Crippen LogP contribution in [0.2, 0.25) is 0 Å². The van der Waals surface area contributed by atoms with E-state index in [2.05, 4.69) is 20.7 Å². The van der Waals surface area contributed by atoms with Crippen LogP contribution >= 0.6 is 0 Å². The second-order valence-corrected chi connectivity index (χ2v) is 8.27. The maximum Gasteiger partial charge on any atom is 0.323 e. The molecule has 3 rings (SSSR count). The summed E-state index contributed by atoms with van der Waals surface area (Å²) in [4.78, 5) is 24.7. The third-order valence-electron chi connectivity index (χ3n) is 4.17. The van der Waals surface area contributed by atoms with Gasteiger partial charge in [0.05, 0.1) is 4.90 Å². The lowest BCUT2D eigenvalue weighted by atomic mass is 10.2. The number of hydrogen-bond donors (Lipinski definition) is 4. The molecule has 3 aromatic carbocycles. The number of carbonyl (C=O) groups excluding carboxylic acids is 2. The molecule has 4 N–H and O–H groups in total. The van der Waals surface area contributed by atoms with E-state index in [1.165, 1.54) is 24.3 Å². The van der Waals surface area contributed by atoms with E-state index in [0.29, 0.717) is 22.6 Å². The first-order chi connectivity index (χ1) is 14.9. The molecule has 0 aliphatic carbocycles. The summed E-state index contributed by atoms with van der Waals surface area (Å²) in [5.74, 6) is -0.404. The van der Waals surface area contributed by atoms with Crippen molar-refractivity contribution in [3.63, 3.8) is 0 Å². The molecule has 0 saturated heterocycles. The molecule has 8 nitrogen and oxygen atoms in total. The largest absolute Gasteiger partial charge is 0.323 e.